The molecular formula is C16H28N2O. The summed E-state index contributed by atoms with van der Waals surface area (Å²) in [6, 6.07) is 0.258. The number of nitrogens with zero attached hydrogens (tertiary/aromatic N) is 1. The number of carbonyl (C=O) groups excluding carboxylic acids is 1. The lowest BCUT2D eigenvalue weighted by Gasteiger charge is -2.41. The molecule has 2 atom stereocenters. The van der Waals surface area contributed by atoms with E-state index in [-0.39, 0.29) is 12.0 Å². The highest BCUT2D eigenvalue weighted by Crippen LogP contribution is 2.46. The Morgan fingerprint density at radius 3 is 2.32 bits per heavy atom. The summed E-state index contributed by atoms with van der Waals surface area (Å²) in [7, 11) is 0. The van der Waals surface area contributed by atoms with Crippen LogP contribution in [-0.4, -0.2) is 29.9 Å². The highest BCUT2D eigenvalue weighted by Gasteiger charge is 2.39. The molecule has 0 bridgehead atoms. The smallest absolute Gasteiger partial charge is 0.225 e. The van der Waals surface area contributed by atoms with Gasteiger partial charge in [0.2, 0.25) is 5.91 Å². The Labute approximate surface area is 116 Å². The molecule has 1 heterocycles. The van der Waals surface area contributed by atoms with Gasteiger partial charge in [-0.15, -0.1) is 0 Å². The average Bonchev–Trinajstić information content (AvgIpc) is 2.87. The lowest BCUT2D eigenvalue weighted by Crippen LogP contribution is -2.46. The molecule has 1 amide bonds. The minimum Gasteiger partial charge on any atom is -0.342 e. The van der Waals surface area contributed by atoms with Gasteiger partial charge in [-0.05, 0) is 50.4 Å². The molecule has 2 aliphatic carbocycles. The van der Waals surface area contributed by atoms with E-state index in [9.17, 15) is 4.79 Å². The number of likely N-dealkylation sites (tertiary alicyclic amines) is 1. The highest BCUT2D eigenvalue weighted by atomic mass is 16.2. The van der Waals surface area contributed by atoms with Gasteiger partial charge in [0.1, 0.15) is 0 Å². The minimum atomic E-state index is 0.223. The van der Waals surface area contributed by atoms with Crippen molar-refractivity contribution >= 4 is 5.91 Å². The Kier molecular flexibility index (Phi) is 3.84. The van der Waals surface area contributed by atoms with E-state index < -0.39 is 0 Å². The van der Waals surface area contributed by atoms with Crippen molar-refractivity contribution in [3.05, 3.63) is 0 Å². The fraction of sp³-hybridized carbons (Fsp3) is 0.938. The number of piperidine rings is 1. The van der Waals surface area contributed by atoms with Crippen molar-refractivity contribution in [1.29, 1.82) is 0 Å². The normalized spacial score (nSPS) is 34.7. The average molecular weight is 264 g/mol. The summed E-state index contributed by atoms with van der Waals surface area (Å²) >= 11 is 0. The fourth-order valence-electron chi connectivity index (χ4n) is 4.54. The maximum Gasteiger partial charge on any atom is 0.225 e. The number of rotatable bonds is 1. The summed E-state index contributed by atoms with van der Waals surface area (Å²) < 4.78 is 0. The first-order valence-corrected chi connectivity index (χ1v) is 8.23. The van der Waals surface area contributed by atoms with Crippen molar-refractivity contribution < 1.29 is 4.79 Å². The molecule has 0 radical (unpaired) electrons. The lowest BCUT2D eigenvalue weighted by atomic mass is 9.76. The van der Waals surface area contributed by atoms with Crippen LogP contribution in [0.4, 0.5) is 0 Å². The molecule has 19 heavy (non-hydrogen) atoms. The van der Waals surface area contributed by atoms with Crippen LogP contribution in [0, 0.1) is 11.3 Å². The fourth-order valence-corrected chi connectivity index (χ4v) is 4.54. The molecule has 1 aliphatic heterocycles. The Bertz CT molecular complexity index is 326. The van der Waals surface area contributed by atoms with Gasteiger partial charge in [-0.1, -0.05) is 19.3 Å². The summed E-state index contributed by atoms with van der Waals surface area (Å²) in [5, 5.41) is 0. The van der Waals surface area contributed by atoms with Crippen LogP contribution in [0.15, 0.2) is 0 Å². The SMILES string of the molecule is NC1CCCC(C(=O)N2CCC3(CCCC3)CC2)C1. The molecule has 2 N–H and O–H groups in total. The van der Waals surface area contributed by atoms with E-state index in [0.29, 0.717) is 11.3 Å². The van der Waals surface area contributed by atoms with Gasteiger partial charge in [0.05, 0.1) is 0 Å². The monoisotopic (exact) mass is 264 g/mol. The van der Waals surface area contributed by atoms with E-state index in [2.05, 4.69) is 4.90 Å². The Hall–Kier alpha value is -0.570. The number of hydrogen-bond donors (Lipinski definition) is 1. The van der Waals surface area contributed by atoms with Gasteiger partial charge < -0.3 is 10.6 Å². The van der Waals surface area contributed by atoms with Crippen molar-refractivity contribution in [2.24, 2.45) is 17.1 Å². The molecular weight excluding hydrogens is 236 g/mol. The third kappa shape index (κ3) is 2.81. The van der Waals surface area contributed by atoms with Crippen LogP contribution in [0.2, 0.25) is 0 Å². The quantitative estimate of drug-likeness (QED) is 0.791. The second-order valence-electron chi connectivity index (χ2n) is 7.16. The Morgan fingerprint density at radius 2 is 1.68 bits per heavy atom. The first kappa shape index (κ1) is 13.4. The van der Waals surface area contributed by atoms with E-state index in [0.717, 1.165) is 38.8 Å². The van der Waals surface area contributed by atoms with Crippen LogP contribution in [-0.2, 0) is 4.79 Å². The van der Waals surface area contributed by atoms with E-state index in [1.54, 1.807) is 0 Å². The minimum absolute atomic E-state index is 0.223. The first-order valence-electron chi connectivity index (χ1n) is 8.23. The number of amides is 1. The maximum atomic E-state index is 12.6. The van der Waals surface area contributed by atoms with E-state index >= 15 is 0 Å². The van der Waals surface area contributed by atoms with E-state index in [1.165, 1.54) is 38.5 Å². The predicted molar refractivity (Wildman–Crippen MR) is 76.6 cm³/mol. The molecule has 3 fully saturated rings. The van der Waals surface area contributed by atoms with Crippen LogP contribution >= 0.6 is 0 Å². The van der Waals surface area contributed by atoms with Gasteiger partial charge in [0, 0.05) is 25.0 Å². The molecule has 1 spiro atoms. The van der Waals surface area contributed by atoms with Gasteiger partial charge in [-0.2, -0.15) is 0 Å². The summed E-state index contributed by atoms with van der Waals surface area (Å²) in [5.41, 5.74) is 6.63. The van der Waals surface area contributed by atoms with Crippen molar-refractivity contribution in [3.63, 3.8) is 0 Å². The molecule has 3 aliphatic rings. The van der Waals surface area contributed by atoms with Gasteiger partial charge >= 0.3 is 0 Å². The van der Waals surface area contributed by atoms with Crippen LogP contribution in [0.5, 0.6) is 0 Å². The standard InChI is InChI=1S/C16H28N2O/c17-14-5-3-4-13(12-14)15(19)18-10-8-16(9-11-18)6-1-2-7-16/h13-14H,1-12,17H2. The molecule has 2 saturated carbocycles. The van der Waals surface area contributed by atoms with Crippen LogP contribution in [0.1, 0.15) is 64.2 Å². The van der Waals surface area contributed by atoms with Crippen LogP contribution in [0.3, 0.4) is 0 Å². The van der Waals surface area contributed by atoms with Crippen LogP contribution in [0.25, 0.3) is 0 Å². The van der Waals surface area contributed by atoms with Gasteiger partial charge in [0.25, 0.3) is 0 Å². The van der Waals surface area contributed by atoms with Crippen molar-refractivity contribution in [2.75, 3.05) is 13.1 Å². The molecule has 1 saturated heterocycles. The second kappa shape index (κ2) is 5.43. The zero-order chi connectivity index (χ0) is 13.3. The summed E-state index contributed by atoms with van der Waals surface area (Å²) in [6.07, 6.45) is 12.3. The summed E-state index contributed by atoms with van der Waals surface area (Å²) in [6.45, 7) is 2.01. The highest BCUT2D eigenvalue weighted by molar-refractivity contribution is 5.79. The Balaban J connectivity index is 1.54. The van der Waals surface area contributed by atoms with Gasteiger partial charge in [0.15, 0.2) is 0 Å². The number of carbonyl (C=O) groups is 1. The van der Waals surface area contributed by atoms with Crippen LogP contribution < -0.4 is 5.73 Å². The molecule has 0 aromatic carbocycles. The topological polar surface area (TPSA) is 46.3 Å². The molecule has 0 aromatic heterocycles. The third-order valence-corrected chi connectivity index (χ3v) is 5.86. The van der Waals surface area contributed by atoms with Crippen molar-refractivity contribution in [2.45, 2.75) is 70.3 Å². The van der Waals surface area contributed by atoms with E-state index in [4.69, 9.17) is 5.73 Å². The number of nitrogens with two attached hydrogens (primary N) is 1. The maximum absolute atomic E-state index is 12.6. The molecule has 0 aromatic rings. The summed E-state index contributed by atoms with van der Waals surface area (Å²) in [4.78, 5) is 14.7. The van der Waals surface area contributed by atoms with Gasteiger partial charge in [-0.3, -0.25) is 4.79 Å². The predicted octanol–water partition coefficient (Wildman–Crippen LogP) is 2.69. The van der Waals surface area contributed by atoms with E-state index in [1.807, 2.05) is 0 Å². The van der Waals surface area contributed by atoms with Crippen molar-refractivity contribution in [1.82, 2.24) is 4.90 Å². The molecule has 2 unspecified atom stereocenters. The zero-order valence-electron chi connectivity index (χ0n) is 12.1. The second-order valence-corrected chi connectivity index (χ2v) is 7.16. The molecule has 3 heteroatoms. The van der Waals surface area contributed by atoms with Crippen molar-refractivity contribution in [3.8, 4) is 0 Å². The molecule has 3 rings (SSSR count). The Morgan fingerprint density at radius 1 is 1.00 bits per heavy atom. The molecule has 108 valence electrons. The molecule has 3 nitrogen and oxygen atoms in total. The first-order chi connectivity index (χ1) is 9.19. The summed E-state index contributed by atoms with van der Waals surface area (Å²) in [5.74, 6) is 0.629. The lowest BCUT2D eigenvalue weighted by molar-refractivity contribution is -0.139. The van der Waals surface area contributed by atoms with Gasteiger partial charge in [-0.25, -0.2) is 0 Å². The number of hydrogen-bond acceptors (Lipinski definition) is 2. The third-order valence-electron chi connectivity index (χ3n) is 5.86. The largest absolute Gasteiger partial charge is 0.342 e. The zero-order valence-corrected chi connectivity index (χ0v) is 12.1.